The Morgan fingerprint density at radius 3 is 2.45 bits per heavy atom. The van der Waals surface area contributed by atoms with E-state index in [0.717, 1.165) is 52.8 Å². The van der Waals surface area contributed by atoms with Gasteiger partial charge in [-0.2, -0.15) is 0 Å². The number of nitrogens with zero attached hydrogens (tertiary/aromatic N) is 2. The van der Waals surface area contributed by atoms with E-state index in [4.69, 9.17) is 4.74 Å². The fourth-order valence-corrected chi connectivity index (χ4v) is 6.48. The summed E-state index contributed by atoms with van der Waals surface area (Å²) in [5, 5.41) is 0.708. The van der Waals surface area contributed by atoms with Gasteiger partial charge in [-0.05, 0) is 80.8 Å². The van der Waals surface area contributed by atoms with Crippen molar-refractivity contribution in [3.63, 3.8) is 0 Å². The topological polar surface area (TPSA) is 53.2 Å². The largest absolute Gasteiger partial charge is 0.497 e. The number of thiophene rings is 1. The molecule has 0 fully saturated rings. The third-order valence-corrected chi connectivity index (χ3v) is 8.02. The van der Waals surface area contributed by atoms with Gasteiger partial charge in [0.05, 0.1) is 24.7 Å². The fraction of sp³-hybridized carbons (Fsp3) is 0.333. The Kier molecular flexibility index (Phi) is 5.49. The quantitative estimate of drug-likeness (QED) is 0.427. The zero-order chi connectivity index (χ0) is 23.3. The molecule has 0 aliphatic heterocycles. The third kappa shape index (κ3) is 3.62. The Bertz CT molecular complexity index is 1480. The van der Waals surface area contributed by atoms with Gasteiger partial charge in [0.2, 0.25) is 0 Å². The first kappa shape index (κ1) is 21.7. The van der Waals surface area contributed by atoms with Gasteiger partial charge in [0.1, 0.15) is 10.6 Å². The van der Waals surface area contributed by atoms with E-state index >= 15 is 0 Å². The van der Waals surface area contributed by atoms with Gasteiger partial charge in [-0.3, -0.25) is 9.36 Å². The second-order valence-electron chi connectivity index (χ2n) is 8.98. The number of benzene rings is 2. The van der Waals surface area contributed by atoms with Gasteiger partial charge in [0.25, 0.3) is 5.56 Å². The summed E-state index contributed by atoms with van der Waals surface area (Å²) in [7, 11) is 1.58. The van der Waals surface area contributed by atoms with Crippen molar-refractivity contribution in [1.82, 2.24) is 9.13 Å². The van der Waals surface area contributed by atoms with Gasteiger partial charge in [-0.15, -0.1) is 11.3 Å². The Morgan fingerprint density at radius 2 is 1.73 bits per heavy atom. The van der Waals surface area contributed by atoms with Crippen LogP contribution in [0.5, 0.6) is 5.75 Å². The van der Waals surface area contributed by atoms with Crippen LogP contribution in [-0.2, 0) is 19.4 Å². The number of rotatable bonds is 4. The van der Waals surface area contributed by atoms with Crippen LogP contribution < -0.4 is 16.0 Å². The molecule has 5 nitrogen and oxygen atoms in total. The molecule has 2 aromatic heterocycles. The second-order valence-corrected chi connectivity index (χ2v) is 10.1. The summed E-state index contributed by atoms with van der Waals surface area (Å²) in [6, 6.07) is 11.5. The van der Waals surface area contributed by atoms with E-state index in [1.807, 2.05) is 16.7 Å². The Balaban J connectivity index is 1.84. The molecule has 0 unspecified atom stereocenters. The number of aryl methyl sites for hydroxylation is 5. The van der Waals surface area contributed by atoms with E-state index in [1.165, 1.54) is 15.0 Å². The van der Waals surface area contributed by atoms with Crippen LogP contribution in [0.25, 0.3) is 15.9 Å². The molecule has 1 aliphatic carbocycles. The Labute approximate surface area is 196 Å². The van der Waals surface area contributed by atoms with Gasteiger partial charge >= 0.3 is 5.69 Å². The zero-order valence-corrected chi connectivity index (χ0v) is 20.3. The number of hydrogen-bond acceptors (Lipinski definition) is 4. The molecule has 2 aromatic carbocycles. The third-order valence-electron chi connectivity index (χ3n) is 6.71. The number of hydrogen-bond donors (Lipinski definition) is 0. The predicted octanol–water partition coefficient (Wildman–Crippen LogP) is 5.07. The van der Waals surface area contributed by atoms with E-state index in [1.54, 1.807) is 30.6 Å². The lowest BCUT2D eigenvalue weighted by molar-refractivity contribution is 0.414. The molecule has 33 heavy (non-hydrogen) atoms. The first-order valence-electron chi connectivity index (χ1n) is 11.4. The van der Waals surface area contributed by atoms with E-state index in [2.05, 4.69) is 32.9 Å². The van der Waals surface area contributed by atoms with E-state index in [0.29, 0.717) is 23.4 Å². The maximum absolute atomic E-state index is 13.9. The van der Waals surface area contributed by atoms with Crippen LogP contribution in [0.15, 0.2) is 46.0 Å². The standard InChI is InChI=1S/C27H28N2O3S/c1-16-12-17(2)22(18(3)13-16)15-28-26-24(21-10-5-6-11-23(21)33-26)25(30)29(27(28)31)19-8-7-9-20(14-19)32-4/h7-9,12-14H,5-6,10-11,15H2,1-4H3. The van der Waals surface area contributed by atoms with E-state index < -0.39 is 0 Å². The molecular weight excluding hydrogens is 432 g/mol. The lowest BCUT2D eigenvalue weighted by Crippen LogP contribution is -2.39. The number of methoxy groups -OCH3 is 1. The highest BCUT2D eigenvalue weighted by atomic mass is 32.1. The molecule has 0 saturated heterocycles. The maximum atomic E-state index is 13.9. The van der Waals surface area contributed by atoms with Gasteiger partial charge in [-0.1, -0.05) is 23.8 Å². The Hall–Kier alpha value is -3.12. The normalized spacial score (nSPS) is 13.3. The lowest BCUT2D eigenvalue weighted by atomic mass is 9.97. The smallest absolute Gasteiger partial charge is 0.337 e. The fourth-order valence-electron chi connectivity index (χ4n) is 5.10. The van der Waals surface area contributed by atoms with Gasteiger partial charge in [0, 0.05) is 10.9 Å². The van der Waals surface area contributed by atoms with E-state index in [9.17, 15) is 9.59 Å². The van der Waals surface area contributed by atoms with Gasteiger partial charge < -0.3 is 4.74 Å². The number of fused-ring (bicyclic) bond motifs is 3. The Morgan fingerprint density at radius 1 is 1.00 bits per heavy atom. The molecule has 0 radical (unpaired) electrons. The van der Waals surface area contributed by atoms with Crippen molar-refractivity contribution >= 4 is 21.6 Å². The molecule has 2 heterocycles. The van der Waals surface area contributed by atoms with Crippen molar-refractivity contribution < 1.29 is 4.74 Å². The van der Waals surface area contributed by atoms with Crippen LogP contribution in [0, 0.1) is 20.8 Å². The minimum absolute atomic E-state index is 0.226. The van der Waals surface area contributed by atoms with Crippen molar-refractivity contribution in [2.45, 2.75) is 53.0 Å². The average Bonchev–Trinajstić information content (AvgIpc) is 3.18. The summed E-state index contributed by atoms with van der Waals surface area (Å²) in [6.07, 6.45) is 4.07. The highest BCUT2D eigenvalue weighted by Crippen LogP contribution is 2.35. The summed E-state index contributed by atoms with van der Waals surface area (Å²) in [4.78, 5) is 29.7. The average molecular weight is 461 g/mol. The molecule has 170 valence electrons. The minimum Gasteiger partial charge on any atom is -0.497 e. The van der Waals surface area contributed by atoms with Crippen molar-refractivity contribution in [1.29, 1.82) is 0 Å². The summed E-state index contributed by atoms with van der Waals surface area (Å²) in [5.74, 6) is 0.614. The molecule has 6 heteroatoms. The molecule has 0 atom stereocenters. The lowest BCUT2D eigenvalue weighted by Gasteiger charge is -2.16. The van der Waals surface area contributed by atoms with Crippen molar-refractivity contribution in [3.05, 3.63) is 89.9 Å². The summed E-state index contributed by atoms with van der Waals surface area (Å²) >= 11 is 1.63. The van der Waals surface area contributed by atoms with Crippen molar-refractivity contribution in [2.24, 2.45) is 0 Å². The minimum atomic E-state index is -0.307. The van der Waals surface area contributed by atoms with Crippen LogP contribution in [0.2, 0.25) is 0 Å². The maximum Gasteiger partial charge on any atom is 0.337 e. The van der Waals surface area contributed by atoms with Crippen LogP contribution in [-0.4, -0.2) is 16.2 Å². The second kappa shape index (κ2) is 8.34. The number of ether oxygens (including phenoxy) is 1. The van der Waals surface area contributed by atoms with E-state index in [-0.39, 0.29) is 11.2 Å². The highest BCUT2D eigenvalue weighted by molar-refractivity contribution is 7.18. The molecule has 5 rings (SSSR count). The zero-order valence-electron chi connectivity index (χ0n) is 19.5. The molecular formula is C27H28N2O3S. The molecule has 4 aromatic rings. The first-order chi connectivity index (χ1) is 15.9. The summed E-state index contributed by atoms with van der Waals surface area (Å²) in [6.45, 7) is 6.71. The van der Waals surface area contributed by atoms with Crippen molar-refractivity contribution in [3.8, 4) is 11.4 Å². The SMILES string of the molecule is COc1cccc(-n2c(=O)c3c4c(sc3n(Cc3c(C)cc(C)cc3C)c2=O)CCCC4)c1. The van der Waals surface area contributed by atoms with Crippen LogP contribution in [0.3, 0.4) is 0 Å². The van der Waals surface area contributed by atoms with Crippen LogP contribution >= 0.6 is 11.3 Å². The molecule has 0 N–H and O–H groups in total. The molecule has 0 amide bonds. The molecule has 0 saturated carbocycles. The molecule has 1 aliphatic rings. The van der Waals surface area contributed by atoms with Gasteiger partial charge in [0.15, 0.2) is 0 Å². The predicted molar refractivity (Wildman–Crippen MR) is 135 cm³/mol. The number of aromatic nitrogens is 2. The monoisotopic (exact) mass is 460 g/mol. The first-order valence-corrected chi connectivity index (χ1v) is 12.2. The van der Waals surface area contributed by atoms with Crippen LogP contribution in [0.1, 0.15) is 45.5 Å². The summed E-state index contributed by atoms with van der Waals surface area (Å²) in [5.41, 5.74) is 5.79. The molecule has 0 bridgehead atoms. The van der Waals surface area contributed by atoms with Crippen LogP contribution in [0.4, 0.5) is 0 Å². The highest BCUT2D eigenvalue weighted by Gasteiger charge is 2.24. The summed E-state index contributed by atoms with van der Waals surface area (Å²) < 4.78 is 8.50. The van der Waals surface area contributed by atoms with Crippen molar-refractivity contribution in [2.75, 3.05) is 7.11 Å². The van der Waals surface area contributed by atoms with Gasteiger partial charge in [-0.25, -0.2) is 9.36 Å². The molecule has 0 spiro atoms.